The first-order chi connectivity index (χ1) is 8.63. The van der Waals surface area contributed by atoms with E-state index in [1.54, 1.807) is 6.07 Å². The number of aliphatic carboxylic acids is 1. The molecule has 3 rings (SSSR count). The lowest BCUT2D eigenvalue weighted by atomic mass is 9.96. The van der Waals surface area contributed by atoms with E-state index in [9.17, 15) is 9.18 Å². The molecular formula is C12H10FN3O2. The second-order valence-corrected chi connectivity index (χ2v) is 4.39. The molecule has 0 unspecified atom stereocenters. The SMILES string of the molecule is O=C(O)C1(c2ccc(-n3cncn3)c(F)c2)CC1. The highest BCUT2D eigenvalue weighted by Crippen LogP contribution is 2.48. The van der Waals surface area contributed by atoms with E-state index in [2.05, 4.69) is 10.1 Å². The van der Waals surface area contributed by atoms with Crippen LogP contribution in [0.2, 0.25) is 0 Å². The standard InChI is InChI=1S/C12H10FN3O2/c13-9-5-8(12(3-4-12)11(17)18)1-2-10(9)16-7-14-6-15-16/h1-2,5-7H,3-4H2,(H,17,18). The molecule has 1 saturated carbocycles. The van der Waals surface area contributed by atoms with Crippen molar-refractivity contribution in [1.29, 1.82) is 0 Å². The zero-order valence-electron chi connectivity index (χ0n) is 9.38. The van der Waals surface area contributed by atoms with Crippen LogP contribution in [-0.4, -0.2) is 25.8 Å². The molecule has 1 heterocycles. The van der Waals surface area contributed by atoms with Crippen molar-refractivity contribution in [3.05, 3.63) is 42.2 Å². The maximum absolute atomic E-state index is 14.0. The van der Waals surface area contributed by atoms with Gasteiger partial charge in [0.2, 0.25) is 0 Å². The van der Waals surface area contributed by atoms with E-state index in [1.807, 2.05) is 0 Å². The molecule has 18 heavy (non-hydrogen) atoms. The fourth-order valence-electron chi connectivity index (χ4n) is 2.07. The summed E-state index contributed by atoms with van der Waals surface area (Å²) in [7, 11) is 0. The van der Waals surface area contributed by atoms with Crippen LogP contribution in [0.3, 0.4) is 0 Å². The van der Waals surface area contributed by atoms with Crippen molar-refractivity contribution >= 4 is 5.97 Å². The molecule has 1 aromatic carbocycles. The minimum atomic E-state index is -0.893. The number of hydrogen-bond acceptors (Lipinski definition) is 3. The van der Waals surface area contributed by atoms with Crippen LogP contribution in [0.4, 0.5) is 4.39 Å². The van der Waals surface area contributed by atoms with E-state index < -0.39 is 17.2 Å². The molecule has 92 valence electrons. The lowest BCUT2D eigenvalue weighted by molar-refractivity contribution is -0.140. The van der Waals surface area contributed by atoms with Gasteiger partial charge in [0.15, 0.2) is 0 Å². The van der Waals surface area contributed by atoms with Crippen LogP contribution in [-0.2, 0) is 10.2 Å². The second kappa shape index (κ2) is 3.63. The van der Waals surface area contributed by atoms with Crippen LogP contribution in [0.5, 0.6) is 0 Å². The summed E-state index contributed by atoms with van der Waals surface area (Å²) in [6.45, 7) is 0. The van der Waals surface area contributed by atoms with Crippen molar-refractivity contribution in [2.24, 2.45) is 0 Å². The van der Waals surface area contributed by atoms with Gasteiger partial charge in [-0.05, 0) is 30.5 Å². The van der Waals surface area contributed by atoms with Gasteiger partial charge < -0.3 is 5.11 Å². The number of carboxylic acid groups (broad SMARTS) is 1. The fraction of sp³-hybridized carbons (Fsp3) is 0.250. The van der Waals surface area contributed by atoms with Crippen molar-refractivity contribution in [3.8, 4) is 5.69 Å². The average molecular weight is 247 g/mol. The second-order valence-electron chi connectivity index (χ2n) is 4.39. The average Bonchev–Trinajstić information content (AvgIpc) is 2.99. The Morgan fingerprint density at radius 1 is 1.44 bits per heavy atom. The van der Waals surface area contributed by atoms with Crippen molar-refractivity contribution < 1.29 is 14.3 Å². The van der Waals surface area contributed by atoms with Gasteiger partial charge in [-0.25, -0.2) is 14.1 Å². The molecule has 0 spiro atoms. The van der Waals surface area contributed by atoms with Crippen LogP contribution >= 0.6 is 0 Å². The van der Waals surface area contributed by atoms with Gasteiger partial charge in [-0.1, -0.05) is 6.07 Å². The number of carbonyl (C=O) groups is 1. The number of carboxylic acids is 1. The highest BCUT2D eigenvalue weighted by atomic mass is 19.1. The highest BCUT2D eigenvalue weighted by Gasteiger charge is 2.51. The Hall–Kier alpha value is -2.24. The number of halogens is 1. The molecule has 6 heteroatoms. The van der Waals surface area contributed by atoms with Gasteiger partial charge in [-0.15, -0.1) is 0 Å². The van der Waals surface area contributed by atoms with E-state index in [1.165, 1.54) is 29.5 Å². The number of rotatable bonds is 3. The first-order valence-corrected chi connectivity index (χ1v) is 5.52. The third kappa shape index (κ3) is 1.49. The van der Waals surface area contributed by atoms with Crippen LogP contribution in [0.1, 0.15) is 18.4 Å². The molecule has 0 amide bonds. The molecule has 0 bridgehead atoms. The van der Waals surface area contributed by atoms with Gasteiger partial charge in [0.1, 0.15) is 24.2 Å². The van der Waals surface area contributed by atoms with E-state index in [0.717, 1.165) is 0 Å². The summed E-state index contributed by atoms with van der Waals surface area (Å²) >= 11 is 0. The van der Waals surface area contributed by atoms with E-state index in [-0.39, 0.29) is 5.69 Å². The summed E-state index contributed by atoms with van der Waals surface area (Å²) in [5.74, 6) is -1.39. The zero-order chi connectivity index (χ0) is 12.8. The predicted octanol–water partition coefficient (Wildman–Crippen LogP) is 1.52. The van der Waals surface area contributed by atoms with Crippen LogP contribution in [0.25, 0.3) is 5.69 Å². The zero-order valence-corrected chi connectivity index (χ0v) is 9.38. The normalized spacial score (nSPS) is 16.5. The smallest absolute Gasteiger partial charge is 0.314 e. The maximum atomic E-state index is 14.0. The Morgan fingerprint density at radius 2 is 2.22 bits per heavy atom. The topological polar surface area (TPSA) is 68.0 Å². The van der Waals surface area contributed by atoms with E-state index in [0.29, 0.717) is 18.4 Å². The molecule has 1 N–H and O–H groups in total. The molecule has 1 aliphatic carbocycles. The Morgan fingerprint density at radius 3 is 2.72 bits per heavy atom. The van der Waals surface area contributed by atoms with Gasteiger partial charge in [0.25, 0.3) is 0 Å². The molecule has 5 nitrogen and oxygen atoms in total. The highest BCUT2D eigenvalue weighted by molar-refractivity contribution is 5.85. The number of benzene rings is 1. The Bertz CT molecular complexity index is 606. The third-order valence-electron chi connectivity index (χ3n) is 3.33. The summed E-state index contributed by atoms with van der Waals surface area (Å²) in [6.07, 6.45) is 3.82. The van der Waals surface area contributed by atoms with Crippen LogP contribution < -0.4 is 0 Å². The lowest BCUT2D eigenvalue weighted by Gasteiger charge is -2.11. The van der Waals surface area contributed by atoms with Gasteiger partial charge in [0, 0.05) is 0 Å². The van der Waals surface area contributed by atoms with Gasteiger partial charge >= 0.3 is 5.97 Å². The Balaban J connectivity index is 2.03. The molecule has 0 radical (unpaired) electrons. The van der Waals surface area contributed by atoms with Gasteiger partial charge in [-0.3, -0.25) is 4.79 Å². The molecule has 1 fully saturated rings. The Labute approximate surface area is 102 Å². The molecule has 1 aromatic heterocycles. The predicted molar refractivity (Wildman–Crippen MR) is 59.9 cm³/mol. The largest absolute Gasteiger partial charge is 0.481 e. The van der Waals surface area contributed by atoms with Gasteiger partial charge in [0.05, 0.1) is 5.41 Å². The molecule has 0 saturated heterocycles. The number of aromatic nitrogens is 3. The number of hydrogen-bond donors (Lipinski definition) is 1. The summed E-state index contributed by atoms with van der Waals surface area (Å²) < 4.78 is 15.3. The summed E-state index contributed by atoms with van der Waals surface area (Å²) in [5, 5.41) is 13.0. The molecular weight excluding hydrogens is 237 g/mol. The monoisotopic (exact) mass is 247 g/mol. The van der Waals surface area contributed by atoms with E-state index >= 15 is 0 Å². The van der Waals surface area contributed by atoms with Crippen molar-refractivity contribution in [2.45, 2.75) is 18.3 Å². The first-order valence-electron chi connectivity index (χ1n) is 5.52. The van der Waals surface area contributed by atoms with Crippen LogP contribution in [0, 0.1) is 5.82 Å². The molecule has 0 atom stereocenters. The Kier molecular flexibility index (Phi) is 2.19. The minimum Gasteiger partial charge on any atom is -0.481 e. The summed E-state index contributed by atoms with van der Waals surface area (Å²) in [6, 6.07) is 4.45. The summed E-state index contributed by atoms with van der Waals surface area (Å²) in [4.78, 5) is 14.9. The maximum Gasteiger partial charge on any atom is 0.314 e. The summed E-state index contributed by atoms with van der Waals surface area (Å²) in [5.41, 5.74) is -0.115. The van der Waals surface area contributed by atoms with E-state index in [4.69, 9.17) is 5.11 Å². The van der Waals surface area contributed by atoms with Crippen molar-refractivity contribution in [3.63, 3.8) is 0 Å². The van der Waals surface area contributed by atoms with Crippen LogP contribution in [0.15, 0.2) is 30.9 Å². The lowest BCUT2D eigenvalue weighted by Crippen LogP contribution is -2.19. The van der Waals surface area contributed by atoms with Gasteiger partial charge in [-0.2, -0.15) is 5.10 Å². The fourth-order valence-corrected chi connectivity index (χ4v) is 2.07. The molecule has 1 aliphatic rings. The van der Waals surface area contributed by atoms with Crippen molar-refractivity contribution in [1.82, 2.24) is 14.8 Å². The molecule has 0 aliphatic heterocycles. The third-order valence-corrected chi connectivity index (χ3v) is 3.33. The number of nitrogens with zero attached hydrogens (tertiary/aromatic N) is 3. The minimum absolute atomic E-state index is 0.262. The van der Waals surface area contributed by atoms with Crippen molar-refractivity contribution in [2.75, 3.05) is 0 Å². The molecule has 2 aromatic rings. The first kappa shape index (κ1) is 10.9. The quantitative estimate of drug-likeness (QED) is 0.892.